The van der Waals surface area contributed by atoms with Crippen LogP contribution in [-0.2, 0) is 0 Å². The smallest absolute Gasteiger partial charge is 0.341 e. The fraction of sp³-hybridized carbons (Fsp3) is 0.438. The number of rotatable bonds is 4. The van der Waals surface area contributed by atoms with Gasteiger partial charge in [-0.3, -0.25) is 4.90 Å². The second-order valence-corrected chi connectivity index (χ2v) is 5.01. The number of phenols is 1. The average molecular weight is 275 g/mol. The first kappa shape index (κ1) is 14.6. The minimum Gasteiger partial charge on any atom is -0.508 e. The van der Waals surface area contributed by atoms with Gasteiger partial charge in [0.2, 0.25) is 0 Å². The van der Waals surface area contributed by atoms with Gasteiger partial charge in [0, 0.05) is 17.5 Å². The molecular formula is C16H21NO3. The molecule has 1 atom stereocenters. The quantitative estimate of drug-likeness (QED) is 0.870. The van der Waals surface area contributed by atoms with E-state index < -0.39 is 0 Å². The third-order valence-corrected chi connectivity index (χ3v) is 3.97. The van der Waals surface area contributed by atoms with Gasteiger partial charge in [0.1, 0.15) is 11.3 Å². The summed E-state index contributed by atoms with van der Waals surface area (Å²) in [6.45, 7) is 9.88. The van der Waals surface area contributed by atoms with Gasteiger partial charge in [0.15, 0.2) is 0 Å². The molecule has 0 aliphatic carbocycles. The topological polar surface area (TPSA) is 53.7 Å². The van der Waals surface area contributed by atoms with E-state index in [1.54, 1.807) is 12.1 Å². The van der Waals surface area contributed by atoms with E-state index in [2.05, 4.69) is 18.7 Å². The highest BCUT2D eigenvalue weighted by atomic mass is 16.4. The molecule has 108 valence electrons. The Morgan fingerprint density at radius 1 is 1.30 bits per heavy atom. The molecule has 20 heavy (non-hydrogen) atoms. The summed E-state index contributed by atoms with van der Waals surface area (Å²) < 4.78 is 5.37. The minimum atomic E-state index is -0.319. The number of phenolic OH excluding ortho intramolecular Hbond substituents is 1. The SMILES string of the molecule is CCN(CC)C(C)c1c(C)c2ccc(O)cc2oc1=O. The summed E-state index contributed by atoms with van der Waals surface area (Å²) in [5, 5.41) is 10.4. The lowest BCUT2D eigenvalue weighted by Gasteiger charge is -2.27. The maximum absolute atomic E-state index is 12.3. The number of hydrogen-bond donors (Lipinski definition) is 1. The van der Waals surface area contributed by atoms with E-state index in [0.717, 1.165) is 24.0 Å². The Kier molecular flexibility index (Phi) is 4.14. The van der Waals surface area contributed by atoms with E-state index in [1.165, 1.54) is 6.07 Å². The Hall–Kier alpha value is -1.81. The average Bonchev–Trinajstić information content (AvgIpc) is 2.39. The van der Waals surface area contributed by atoms with Crippen LogP contribution in [0.1, 0.15) is 37.9 Å². The summed E-state index contributed by atoms with van der Waals surface area (Å²) in [6, 6.07) is 4.90. The van der Waals surface area contributed by atoms with Crippen LogP contribution in [0.25, 0.3) is 11.0 Å². The summed E-state index contributed by atoms with van der Waals surface area (Å²) in [7, 11) is 0. The highest BCUT2D eigenvalue weighted by Crippen LogP contribution is 2.28. The molecule has 1 heterocycles. The van der Waals surface area contributed by atoms with Gasteiger partial charge in [-0.25, -0.2) is 4.79 Å². The van der Waals surface area contributed by atoms with Crippen LogP contribution in [0.4, 0.5) is 0 Å². The lowest BCUT2D eigenvalue weighted by molar-refractivity contribution is 0.229. The van der Waals surface area contributed by atoms with Gasteiger partial charge in [-0.05, 0) is 44.6 Å². The van der Waals surface area contributed by atoms with Crippen molar-refractivity contribution in [1.82, 2.24) is 4.90 Å². The minimum absolute atomic E-state index is 0.0134. The molecule has 2 rings (SSSR count). The van der Waals surface area contributed by atoms with Crippen LogP contribution in [-0.4, -0.2) is 23.1 Å². The molecular weight excluding hydrogens is 254 g/mol. The third-order valence-electron chi connectivity index (χ3n) is 3.97. The Balaban J connectivity index is 2.65. The fourth-order valence-electron chi connectivity index (χ4n) is 2.80. The van der Waals surface area contributed by atoms with Crippen LogP contribution in [0.15, 0.2) is 27.4 Å². The molecule has 0 saturated heterocycles. The van der Waals surface area contributed by atoms with Crippen molar-refractivity contribution in [3.8, 4) is 5.75 Å². The van der Waals surface area contributed by atoms with Crippen molar-refractivity contribution in [2.75, 3.05) is 13.1 Å². The first-order valence-corrected chi connectivity index (χ1v) is 6.99. The van der Waals surface area contributed by atoms with Crippen LogP contribution >= 0.6 is 0 Å². The highest BCUT2D eigenvalue weighted by Gasteiger charge is 2.21. The first-order chi connectivity index (χ1) is 9.49. The molecule has 1 N–H and O–H groups in total. The van der Waals surface area contributed by atoms with E-state index in [-0.39, 0.29) is 17.4 Å². The summed E-state index contributed by atoms with van der Waals surface area (Å²) in [5.41, 5.74) is 1.74. The van der Waals surface area contributed by atoms with Crippen molar-refractivity contribution in [3.05, 3.63) is 39.7 Å². The summed E-state index contributed by atoms with van der Waals surface area (Å²) >= 11 is 0. The zero-order chi connectivity index (χ0) is 14.9. The van der Waals surface area contributed by atoms with Gasteiger partial charge < -0.3 is 9.52 Å². The Bertz CT molecular complexity index is 671. The van der Waals surface area contributed by atoms with E-state index in [4.69, 9.17) is 4.42 Å². The van der Waals surface area contributed by atoms with Crippen LogP contribution in [0.3, 0.4) is 0 Å². The molecule has 2 aromatic rings. The molecule has 1 unspecified atom stereocenters. The van der Waals surface area contributed by atoms with Crippen molar-refractivity contribution < 1.29 is 9.52 Å². The number of benzene rings is 1. The molecule has 0 aliphatic rings. The van der Waals surface area contributed by atoms with Gasteiger partial charge in [0.05, 0.1) is 5.56 Å². The number of aromatic hydroxyl groups is 1. The molecule has 0 aliphatic heterocycles. The predicted molar refractivity (Wildman–Crippen MR) is 80.2 cm³/mol. The van der Waals surface area contributed by atoms with Crippen molar-refractivity contribution in [1.29, 1.82) is 0 Å². The van der Waals surface area contributed by atoms with Crippen LogP contribution in [0, 0.1) is 6.92 Å². The molecule has 0 spiro atoms. The molecule has 1 aromatic heterocycles. The van der Waals surface area contributed by atoms with Crippen LogP contribution < -0.4 is 5.63 Å². The Labute approximate surface area is 118 Å². The number of nitrogens with zero attached hydrogens (tertiary/aromatic N) is 1. The zero-order valence-corrected chi connectivity index (χ0v) is 12.4. The van der Waals surface area contributed by atoms with E-state index >= 15 is 0 Å². The predicted octanol–water partition coefficient (Wildman–Crippen LogP) is 3.21. The third kappa shape index (κ3) is 2.43. The lowest BCUT2D eigenvalue weighted by Crippen LogP contribution is -2.30. The van der Waals surface area contributed by atoms with Gasteiger partial charge in [-0.2, -0.15) is 0 Å². The second-order valence-electron chi connectivity index (χ2n) is 5.01. The van der Waals surface area contributed by atoms with E-state index in [1.807, 2.05) is 13.8 Å². The molecule has 1 aromatic carbocycles. The molecule has 0 bridgehead atoms. The van der Waals surface area contributed by atoms with Gasteiger partial charge in [-0.1, -0.05) is 13.8 Å². The van der Waals surface area contributed by atoms with Gasteiger partial charge in [-0.15, -0.1) is 0 Å². The molecule has 4 heteroatoms. The largest absolute Gasteiger partial charge is 0.508 e. The van der Waals surface area contributed by atoms with Crippen molar-refractivity contribution in [3.63, 3.8) is 0 Å². The monoisotopic (exact) mass is 275 g/mol. The second kappa shape index (κ2) is 5.67. The normalized spacial score (nSPS) is 13.1. The zero-order valence-electron chi connectivity index (χ0n) is 12.4. The first-order valence-electron chi connectivity index (χ1n) is 6.99. The van der Waals surface area contributed by atoms with Crippen LogP contribution in [0.5, 0.6) is 5.75 Å². The fourth-order valence-corrected chi connectivity index (χ4v) is 2.80. The summed E-state index contributed by atoms with van der Waals surface area (Å²) in [4.78, 5) is 14.5. The molecule has 0 saturated carbocycles. The van der Waals surface area contributed by atoms with Gasteiger partial charge in [0.25, 0.3) is 0 Å². The maximum atomic E-state index is 12.3. The highest BCUT2D eigenvalue weighted by molar-refractivity contribution is 5.82. The van der Waals surface area contributed by atoms with E-state index in [9.17, 15) is 9.90 Å². The van der Waals surface area contributed by atoms with Crippen molar-refractivity contribution in [2.24, 2.45) is 0 Å². The van der Waals surface area contributed by atoms with Crippen molar-refractivity contribution in [2.45, 2.75) is 33.7 Å². The summed E-state index contributed by atoms with van der Waals surface area (Å²) in [5.74, 6) is 0.101. The Morgan fingerprint density at radius 3 is 2.55 bits per heavy atom. The number of aryl methyl sites for hydroxylation is 1. The molecule has 0 amide bonds. The van der Waals surface area contributed by atoms with Crippen molar-refractivity contribution >= 4 is 11.0 Å². The Morgan fingerprint density at radius 2 is 1.95 bits per heavy atom. The molecule has 0 radical (unpaired) electrons. The van der Waals surface area contributed by atoms with E-state index in [0.29, 0.717) is 11.1 Å². The maximum Gasteiger partial charge on any atom is 0.341 e. The lowest BCUT2D eigenvalue weighted by atomic mass is 10.00. The summed E-state index contributed by atoms with van der Waals surface area (Å²) in [6.07, 6.45) is 0. The standard InChI is InChI=1S/C16H21NO3/c1-5-17(6-2)11(4)15-10(3)13-8-7-12(18)9-14(13)20-16(15)19/h7-9,11,18H,5-6H2,1-4H3. The number of fused-ring (bicyclic) bond motifs is 1. The molecule has 4 nitrogen and oxygen atoms in total. The van der Waals surface area contributed by atoms with Gasteiger partial charge >= 0.3 is 5.63 Å². The number of hydrogen-bond acceptors (Lipinski definition) is 4. The van der Waals surface area contributed by atoms with Crippen LogP contribution in [0.2, 0.25) is 0 Å². The molecule has 0 fully saturated rings.